The number of carbonyl (C=O) groups is 2. The molecule has 0 aromatic heterocycles. The lowest BCUT2D eigenvalue weighted by atomic mass is 10.0. The maximum absolute atomic E-state index is 11.3. The molecule has 88 valence electrons. The molecule has 0 radical (unpaired) electrons. The van der Waals surface area contributed by atoms with Crippen LogP contribution in [0.5, 0.6) is 0 Å². The van der Waals surface area contributed by atoms with Crippen molar-refractivity contribution in [2.45, 2.75) is 40.0 Å². The summed E-state index contributed by atoms with van der Waals surface area (Å²) in [5.74, 6) is -0.419. The summed E-state index contributed by atoms with van der Waals surface area (Å²) >= 11 is 0. The summed E-state index contributed by atoms with van der Waals surface area (Å²) < 4.78 is 0. The maximum atomic E-state index is 11.3. The van der Waals surface area contributed by atoms with E-state index in [4.69, 9.17) is 5.11 Å². The number of carbonyl (C=O) groups excluding carboxylic acids is 1. The van der Waals surface area contributed by atoms with Crippen molar-refractivity contribution in [1.82, 2.24) is 5.32 Å². The molecule has 0 saturated heterocycles. The highest BCUT2D eigenvalue weighted by atomic mass is 16.4. The molecule has 1 unspecified atom stereocenters. The first kappa shape index (κ1) is 13.9. The molecule has 2 N–H and O–H groups in total. The Kier molecular flexibility index (Phi) is 6.75. The van der Waals surface area contributed by atoms with Gasteiger partial charge in [-0.1, -0.05) is 27.2 Å². The number of nitrogens with one attached hydrogen (secondary N) is 1. The topological polar surface area (TPSA) is 66.4 Å². The summed E-state index contributed by atoms with van der Waals surface area (Å²) in [4.78, 5) is 21.8. The number of hydrogen-bond acceptors (Lipinski definition) is 2. The molecule has 0 aliphatic heterocycles. The van der Waals surface area contributed by atoms with Crippen LogP contribution in [-0.2, 0) is 9.59 Å². The van der Waals surface area contributed by atoms with Gasteiger partial charge in [0.2, 0.25) is 5.91 Å². The second kappa shape index (κ2) is 7.26. The fourth-order valence-electron chi connectivity index (χ4n) is 1.31. The average molecular weight is 215 g/mol. The van der Waals surface area contributed by atoms with Gasteiger partial charge in [-0.15, -0.1) is 0 Å². The van der Waals surface area contributed by atoms with Crippen LogP contribution in [-0.4, -0.2) is 23.5 Å². The Hall–Kier alpha value is -1.06. The molecule has 0 aromatic rings. The summed E-state index contributed by atoms with van der Waals surface area (Å²) in [6, 6.07) is 0. The van der Waals surface area contributed by atoms with E-state index in [1.807, 2.05) is 20.8 Å². The molecule has 1 atom stereocenters. The van der Waals surface area contributed by atoms with E-state index in [1.165, 1.54) is 0 Å². The van der Waals surface area contributed by atoms with Crippen LogP contribution in [0, 0.1) is 11.8 Å². The zero-order valence-electron chi connectivity index (χ0n) is 9.75. The Morgan fingerprint density at radius 2 is 1.87 bits per heavy atom. The first-order valence-electron chi connectivity index (χ1n) is 5.44. The maximum Gasteiger partial charge on any atom is 0.303 e. The zero-order valence-corrected chi connectivity index (χ0v) is 9.75. The Labute approximate surface area is 91.1 Å². The minimum Gasteiger partial charge on any atom is -0.481 e. The van der Waals surface area contributed by atoms with Crippen molar-refractivity contribution in [1.29, 1.82) is 0 Å². The number of hydrogen-bond donors (Lipinski definition) is 2. The van der Waals surface area contributed by atoms with E-state index in [9.17, 15) is 9.59 Å². The molecule has 4 heteroatoms. The number of rotatable bonds is 7. The fraction of sp³-hybridized carbons (Fsp3) is 0.818. The Balaban J connectivity index is 3.79. The second-order valence-corrected chi connectivity index (χ2v) is 4.27. The van der Waals surface area contributed by atoms with E-state index < -0.39 is 5.97 Å². The first-order chi connectivity index (χ1) is 6.95. The third-order valence-electron chi connectivity index (χ3n) is 2.22. The van der Waals surface area contributed by atoms with Crippen molar-refractivity contribution >= 4 is 11.9 Å². The number of amides is 1. The highest BCUT2D eigenvalue weighted by Gasteiger charge is 2.12. The van der Waals surface area contributed by atoms with Gasteiger partial charge in [-0.25, -0.2) is 0 Å². The van der Waals surface area contributed by atoms with Crippen LogP contribution in [0.1, 0.15) is 40.0 Å². The second-order valence-electron chi connectivity index (χ2n) is 4.27. The predicted octanol–water partition coefficient (Wildman–Crippen LogP) is 1.65. The molecule has 0 heterocycles. The van der Waals surface area contributed by atoms with Crippen LogP contribution in [0.4, 0.5) is 0 Å². The number of carboxylic acid groups (broad SMARTS) is 1. The largest absolute Gasteiger partial charge is 0.481 e. The van der Waals surface area contributed by atoms with Gasteiger partial charge in [-0.3, -0.25) is 9.59 Å². The van der Waals surface area contributed by atoms with Crippen molar-refractivity contribution in [3.63, 3.8) is 0 Å². The summed E-state index contributed by atoms with van der Waals surface area (Å²) in [5.41, 5.74) is 0. The van der Waals surface area contributed by atoms with Crippen LogP contribution in [0.3, 0.4) is 0 Å². The standard InChI is InChI=1S/C11H21NO3/c1-4-9(6-11(14)15)7-12-10(13)5-8(2)3/h8-9H,4-7H2,1-3H3,(H,12,13)(H,14,15). The summed E-state index contributed by atoms with van der Waals surface area (Å²) in [5, 5.41) is 11.4. The van der Waals surface area contributed by atoms with Crippen LogP contribution >= 0.6 is 0 Å². The lowest BCUT2D eigenvalue weighted by Gasteiger charge is -2.14. The molecule has 0 spiro atoms. The van der Waals surface area contributed by atoms with Gasteiger partial charge in [0.15, 0.2) is 0 Å². The van der Waals surface area contributed by atoms with Crippen LogP contribution < -0.4 is 5.32 Å². The van der Waals surface area contributed by atoms with E-state index in [1.54, 1.807) is 0 Å². The van der Waals surface area contributed by atoms with E-state index >= 15 is 0 Å². The molecule has 1 amide bonds. The Morgan fingerprint density at radius 3 is 2.27 bits per heavy atom. The van der Waals surface area contributed by atoms with Gasteiger partial charge in [0, 0.05) is 19.4 Å². The van der Waals surface area contributed by atoms with Gasteiger partial charge in [0.1, 0.15) is 0 Å². The van der Waals surface area contributed by atoms with Crippen molar-refractivity contribution in [3.05, 3.63) is 0 Å². The van der Waals surface area contributed by atoms with E-state index in [-0.39, 0.29) is 18.2 Å². The smallest absolute Gasteiger partial charge is 0.303 e. The van der Waals surface area contributed by atoms with Crippen LogP contribution in [0.15, 0.2) is 0 Å². The van der Waals surface area contributed by atoms with Gasteiger partial charge in [0.05, 0.1) is 0 Å². The van der Waals surface area contributed by atoms with Gasteiger partial charge < -0.3 is 10.4 Å². The number of carboxylic acids is 1. The highest BCUT2D eigenvalue weighted by Crippen LogP contribution is 2.07. The molecule has 0 aliphatic rings. The van der Waals surface area contributed by atoms with E-state index in [0.717, 1.165) is 6.42 Å². The minimum absolute atomic E-state index is 0.00818. The Morgan fingerprint density at radius 1 is 1.27 bits per heavy atom. The van der Waals surface area contributed by atoms with Crippen LogP contribution in [0.2, 0.25) is 0 Å². The molecule has 15 heavy (non-hydrogen) atoms. The molecular weight excluding hydrogens is 194 g/mol. The molecule has 0 fully saturated rings. The van der Waals surface area contributed by atoms with E-state index in [2.05, 4.69) is 5.32 Å². The quantitative estimate of drug-likeness (QED) is 0.678. The van der Waals surface area contributed by atoms with Crippen molar-refractivity contribution < 1.29 is 14.7 Å². The molecule has 4 nitrogen and oxygen atoms in total. The summed E-state index contributed by atoms with van der Waals surface area (Å²) in [6.45, 7) is 6.36. The van der Waals surface area contributed by atoms with E-state index in [0.29, 0.717) is 18.9 Å². The minimum atomic E-state index is -0.806. The molecule has 0 bridgehead atoms. The van der Waals surface area contributed by atoms with Crippen molar-refractivity contribution in [2.24, 2.45) is 11.8 Å². The lowest BCUT2D eigenvalue weighted by molar-refractivity contribution is -0.138. The monoisotopic (exact) mass is 215 g/mol. The predicted molar refractivity (Wildman–Crippen MR) is 58.5 cm³/mol. The first-order valence-corrected chi connectivity index (χ1v) is 5.44. The fourth-order valence-corrected chi connectivity index (χ4v) is 1.31. The zero-order chi connectivity index (χ0) is 11.8. The third-order valence-corrected chi connectivity index (χ3v) is 2.22. The van der Waals surface area contributed by atoms with Gasteiger partial charge in [-0.2, -0.15) is 0 Å². The van der Waals surface area contributed by atoms with Gasteiger partial charge >= 0.3 is 5.97 Å². The summed E-state index contributed by atoms with van der Waals surface area (Å²) in [7, 11) is 0. The SMILES string of the molecule is CCC(CNC(=O)CC(C)C)CC(=O)O. The third kappa shape index (κ3) is 7.97. The summed E-state index contributed by atoms with van der Waals surface area (Å²) in [6.07, 6.45) is 1.40. The van der Waals surface area contributed by atoms with Gasteiger partial charge in [-0.05, 0) is 11.8 Å². The number of aliphatic carboxylic acids is 1. The van der Waals surface area contributed by atoms with Crippen molar-refractivity contribution in [2.75, 3.05) is 6.54 Å². The van der Waals surface area contributed by atoms with Crippen molar-refractivity contribution in [3.8, 4) is 0 Å². The lowest BCUT2D eigenvalue weighted by Crippen LogP contribution is -2.30. The average Bonchev–Trinajstić information content (AvgIpc) is 2.10. The molecule has 0 rings (SSSR count). The van der Waals surface area contributed by atoms with Gasteiger partial charge in [0.25, 0.3) is 0 Å². The normalized spacial score (nSPS) is 12.5. The molecule has 0 aromatic carbocycles. The highest BCUT2D eigenvalue weighted by molar-refractivity contribution is 5.76. The Bertz CT molecular complexity index is 214. The molecule has 0 saturated carbocycles. The molecular formula is C11H21NO3. The molecule has 0 aliphatic carbocycles. The van der Waals surface area contributed by atoms with Crippen LogP contribution in [0.25, 0.3) is 0 Å².